The molecule has 6 rings (SSSR count). The van der Waals surface area contributed by atoms with Gasteiger partial charge in [0.1, 0.15) is 5.75 Å². The molecule has 0 aromatic heterocycles. The maximum absolute atomic E-state index is 13.9. The molecule has 1 fully saturated rings. The second-order valence-corrected chi connectivity index (χ2v) is 11.8. The highest BCUT2D eigenvalue weighted by Crippen LogP contribution is 2.36. The smallest absolute Gasteiger partial charge is 0.259 e. The highest BCUT2D eigenvalue weighted by Gasteiger charge is 2.32. The zero-order chi connectivity index (χ0) is 28.5. The summed E-state index contributed by atoms with van der Waals surface area (Å²) in [5.41, 5.74) is 3.21. The number of rotatable bonds is 5. The van der Waals surface area contributed by atoms with E-state index in [1.165, 1.54) is 0 Å². The molecule has 41 heavy (non-hydrogen) atoms. The first-order valence-corrected chi connectivity index (χ1v) is 14.8. The van der Waals surface area contributed by atoms with Gasteiger partial charge in [-0.1, -0.05) is 35.9 Å². The number of halogens is 1. The molecular weight excluding hydrogens is 558 g/mol. The standard InChI is InChI=1S/C32H28ClN3O4S/c1-40-26-12-10-25(11-13-26)34-15-17-35(18-16-34)31(37)23-9-14-30-28(20-23)36(21-22-5-4-6-24(33)19-22)32(38)27-7-2-3-8-29(27)41(30)39/h2-14,19-20H,15-18,21H2,1H3. The molecule has 4 aromatic rings. The quantitative estimate of drug-likeness (QED) is 0.303. The summed E-state index contributed by atoms with van der Waals surface area (Å²) < 4.78 is 19.0. The van der Waals surface area contributed by atoms with Crippen LogP contribution in [0.15, 0.2) is 101 Å². The van der Waals surface area contributed by atoms with Gasteiger partial charge in [0.25, 0.3) is 11.8 Å². The van der Waals surface area contributed by atoms with Gasteiger partial charge >= 0.3 is 0 Å². The third-order valence-electron chi connectivity index (χ3n) is 7.49. The third kappa shape index (κ3) is 5.33. The Bertz CT molecular complexity index is 1650. The second kappa shape index (κ2) is 11.4. The van der Waals surface area contributed by atoms with E-state index >= 15 is 0 Å². The SMILES string of the molecule is COc1ccc(N2CCN(C(=O)c3ccc4c(c3)N(Cc3cccc(Cl)c3)C(=O)c3ccccc3S4=O)CC2)cc1. The minimum Gasteiger partial charge on any atom is -0.497 e. The van der Waals surface area contributed by atoms with E-state index in [9.17, 15) is 13.8 Å². The first kappa shape index (κ1) is 27.1. The molecule has 7 nitrogen and oxygen atoms in total. The number of anilines is 2. The Hall–Kier alpha value is -4.14. The van der Waals surface area contributed by atoms with Crippen LogP contribution in [0.2, 0.25) is 5.02 Å². The van der Waals surface area contributed by atoms with E-state index in [4.69, 9.17) is 16.3 Å². The molecule has 0 bridgehead atoms. The average molecular weight is 586 g/mol. The van der Waals surface area contributed by atoms with E-state index in [-0.39, 0.29) is 18.4 Å². The first-order chi connectivity index (χ1) is 19.9. The third-order valence-corrected chi connectivity index (χ3v) is 9.23. The molecule has 0 saturated carbocycles. The van der Waals surface area contributed by atoms with Gasteiger partial charge in [-0.05, 0) is 72.3 Å². The fourth-order valence-electron chi connectivity index (χ4n) is 5.31. The van der Waals surface area contributed by atoms with Gasteiger partial charge in [0.2, 0.25) is 0 Å². The summed E-state index contributed by atoms with van der Waals surface area (Å²) in [7, 11) is 0.0486. The Labute approximate surface area is 246 Å². The summed E-state index contributed by atoms with van der Waals surface area (Å²) in [6.07, 6.45) is 0. The van der Waals surface area contributed by atoms with Gasteiger partial charge in [0.15, 0.2) is 0 Å². The summed E-state index contributed by atoms with van der Waals surface area (Å²) in [4.78, 5) is 34.2. The fraction of sp³-hybridized carbons (Fsp3) is 0.188. The number of carbonyl (C=O) groups excluding carboxylic acids is 2. The van der Waals surface area contributed by atoms with E-state index in [1.54, 1.807) is 66.6 Å². The lowest BCUT2D eigenvalue weighted by atomic mass is 10.1. The molecule has 2 heterocycles. The predicted octanol–water partition coefficient (Wildman–Crippen LogP) is 5.64. The molecule has 0 aliphatic carbocycles. The van der Waals surface area contributed by atoms with Crippen molar-refractivity contribution in [2.75, 3.05) is 43.1 Å². The van der Waals surface area contributed by atoms with Crippen LogP contribution >= 0.6 is 11.6 Å². The normalized spacial score (nSPS) is 16.6. The average Bonchev–Trinajstić information content (AvgIpc) is 3.10. The minimum absolute atomic E-state index is 0.120. The molecule has 1 atom stereocenters. The fourth-order valence-corrected chi connectivity index (χ4v) is 6.87. The van der Waals surface area contributed by atoms with Gasteiger partial charge in [-0.15, -0.1) is 0 Å². The van der Waals surface area contributed by atoms with Crippen LogP contribution in [0.5, 0.6) is 5.75 Å². The lowest BCUT2D eigenvalue weighted by Gasteiger charge is -2.36. The topological polar surface area (TPSA) is 70.2 Å². The Morgan fingerprint density at radius 2 is 1.63 bits per heavy atom. The predicted molar refractivity (Wildman–Crippen MR) is 161 cm³/mol. The molecule has 9 heteroatoms. The van der Waals surface area contributed by atoms with E-state index < -0.39 is 10.8 Å². The molecule has 1 saturated heterocycles. The van der Waals surface area contributed by atoms with Crippen molar-refractivity contribution in [1.82, 2.24) is 4.90 Å². The van der Waals surface area contributed by atoms with Gasteiger partial charge in [0, 0.05) is 42.5 Å². The van der Waals surface area contributed by atoms with Crippen molar-refractivity contribution >= 4 is 45.6 Å². The van der Waals surface area contributed by atoms with Gasteiger partial charge in [-0.2, -0.15) is 0 Å². The summed E-state index contributed by atoms with van der Waals surface area (Å²) in [5, 5.41) is 0.562. The van der Waals surface area contributed by atoms with Crippen LogP contribution < -0.4 is 14.5 Å². The first-order valence-electron chi connectivity index (χ1n) is 13.3. The molecular formula is C32H28ClN3O4S. The van der Waals surface area contributed by atoms with Crippen LogP contribution in [-0.4, -0.2) is 54.2 Å². The summed E-state index contributed by atoms with van der Waals surface area (Å²) in [5.74, 6) is 0.410. The van der Waals surface area contributed by atoms with Crippen molar-refractivity contribution < 1.29 is 18.5 Å². The lowest BCUT2D eigenvalue weighted by molar-refractivity contribution is 0.0746. The monoisotopic (exact) mass is 585 g/mol. The van der Waals surface area contributed by atoms with Gasteiger partial charge in [0.05, 0.1) is 45.5 Å². The molecule has 2 aliphatic heterocycles. The number of amides is 2. The van der Waals surface area contributed by atoms with Gasteiger partial charge < -0.3 is 19.4 Å². The van der Waals surface area contributed by atoms with Crippen LogP contribution in [-0.2, 0) is 17.3 Å². The Balaban J connectivity index is 1.29. The summed E-state index contributed by atoms with van der Waals surface area (Å²) >= 11 is 6.24. The van der Waals surface area contributed by atoms with Crippen molar-refractivity contribution in [1.29, 1.82) is 0 Å². The Morgan fingerprint density at radius 1 is 0.878 bits per heavy atom. The molecule has 0 radical (unpaired) electrons. The van der Waals surface area contributed by atoms with Gasteiger partial charge in [-0.3, -0.25) is 9.59 Å². The number of nitrogens with zero attached hydrogens (tertiary/aromatic N) is 3. The zero-order valence-corrected chi connectivity index (χ0v) is 24.0. The zero-order valence-electron chi connectivity index (χ0n) is 22.5. The van der Waals surface area contributed by atoms with E-state index in [0.29, 0.717) is 57.8 Å². The van der Waals surface area contributed by atoms with Crippen LogP contribution in [0.4, 0.5) is 11.4 Å². The summed E-state index contributed by atoms with van der Waals surface area (Å²) in [6, 6.07) is 27.3. The molecule has 208 valence electrons. The maximum Gasteiger partial charge on any atom is 0.259 e. The number of piperazine rings is 1. The Kier molecular flexibility index (Phi) is 7.51. The van der Waals surface area contributed by atoms with Crippen molar-refractivity contribution in [3.63, 3.8) is 0 Å². The molecule has 4 aromatic carbocycles. The van der Waals surface area contributed by atoms with Crippen molar-refractivity contribution in [3.8, 4) is 5.75 Å². The number of hydrogen-bond acceptors (Lipinski definition) is 5. The van der Waals surface area contributed by atoms with E-state index in [1.807, 2.05) is 41.3 Å². The van der Waals surface area contributed by atoms with Crippen LogP contribution in [0.1, 0.15) is 26.3 Å². The highest BCUT2D eigenvalue weighted by atomic mass is 35.5. The van der Waals surface area contributed by atoms with Crippen LogP contribution in [0.3, 0.4) is 0 Å². The minimum atomic E-state index is -1.60. The maximum atomic E-state index is 13.9. The molecule has 0 spiro atoms. The molecule has 2 aliphatic rings. The number of methoxy groups -OCH3 is 1. The summed E-state index contributed by atoms with van der Waals surface area (Å²) in [6.45, 7) is 2.73. The number of fused-ring (bicyclic) bond motifs is 2. The molecule has 2 amide bonds. The van der Waals surface area contributed by atoms with E-state index in [2.05, 4.69) is 4.90 Å². The molecule has 0 N–H and O–H groups in total. The van der Waals surface area contributed by atoms with Crippen molar-refractivity contribution in [2.45, 2.75) is 16.3 Å². The highest BCUT2D eigenvalue weighted by molar-refractivity contribution is 7.85. The van der Waals surface area contributed by atoms with E-state index in [0.717, 1.165) is 17.0 Å². The number of hydrogen-bond donors (Lipinski definition) is 0. The number of ether oxygens (including phenoxy) is 1. The van der Waals surface area contributed by atoms with Gasteiger partial charge in [-0.25, -0.2) is 4.21 Å². The van der Waals surface area contributed by atoms with Crippen molar-refractivity contribution in [3.05, 3.63) is 113 Å². The lowest BCUT2D eigenvalue weighted by Crippen LogP contribution is -2.48. The Morgan fingerprint density at radius 3 is 2.37 bits per heavy atom. The number of benzene rings is 4. The van der Waals surface area contributed by atoms with Crippen molar-refractivity contribution in [2.24, 2.45) is 0 Å². The number of carbonyl (C=O) groups is 2. The van der Waals surface area contributed by atoms with Crippen LogP contribution in [0, 0.1) is 0 Å². The second-order valence-electron chi connectivity index (χ2n) is 9.95. The molecule has 1 unspecified atom stereocenters. The largest absolute Gasteiger partial charge is 0.497 e. The van der Waals surface area contributed by atoms with Crippen LogP contribution in [0.25, 0.3) is 0 Å².